The Labute approximate surface area is 220 Å². The molecule has 3 aromatic rings. The number of hydrogen-bond acceptors (Lipinski definition) is 8. The van der Waals surface area contributed by atoms with Crippen LogP contribution in [0, 0.1) is 0 Å². The van der Waals surface area contributed by atoms with E-state index in [1.165, 1.54) is 37.4 Å². The van der Waals surface area contributed by atoms with Crippen molar-refractivity contribution in [2.45, 2.75) is 31.2 Å². The van der Waals surface area contributed by atoms with Gasteiger partial charge < -0.3 is 30.0 Å². The molecule has 1 saturated heterocycles. The number of hydrogen-bond donors (Lipinski definition) is 3. The molecule has 1 aliphatic rings. The van der Waals surface area contributed by atoms with Gasteiger partial charge in [-0.2, -0.15) is 13.2 Å². The quantitative estimate of drug-likeness (QED) is 0.316. The first-order chi connectivity index (χ1) is 18.6. The maximum atomic E-state index is 13.3. The number of esters is 2. The summed E-state index contributed by atoms with van der Waals surface area (Å²) in [5.74, 6) is -4.35. The molecule has 9 nitrogen and oxygen atoms in total. The Morgan fingerprint density at radius 3 is 2.49 bits per heavy atom. The number of ether oxygens (including phenoxy) is 3. The van der Waals surface area contributed by atoms with Crippen molar-refractivity contribution in [2.24, 2.45) is 0 Å². The van der Waals surface area contributed by atoms with Crippen LogP contribution in [-0.2, 0) is 9.53 Å². The van der Waals surface area contributed by atoms with Gasteiger partial charge in [0.05, 0.1) is 13.2 Å². The van der Waals surface area contributed by atoms with Gasteiger partial charge >= 0.3 is 18.1 Å². The van der Waals surface area contributed by atoms with Gasteiger partial charge in [0.2, 0.25) is 0 Å². The number of halogens is 3. The minimum Gasteiger partial charge on any atom is -0.508 e. The minimum absolute atomic E-state index is 0.00970. The molecule has 0 spiro atoms. The second-order valence-electron chi connectivity index (χ2n) is 8.83. The summed E-state index contributed by atoms with van der Waals surface area (Å²) >= 11 is 0. The number of carbonyl (C=O) groups is 3. The Bertz CT molecular complexity index is 1380. The van der Waals surface area contributed by atoms with Crippen molar-refractivity contribution in [3.05, 3.63) is 65.7 Å². The molecule has 1 heterocycles. The van der Waals surface area contributed by atoms with Crippen LogP contribution >= 0.6 is 0 Å². The third-order valence-electron chi connectivity index (χ3n) is 6.17. The van der Waals surface area contributed by atoms with Crippen molar-refractivity contribution in [1.82, 2.24) is 10.6 Å². The van der Waals surface area contributed by atoms with Crippen LogP contribution in [0.2, 0.25) is 0 Å². The van der Waals surface area contributed by atoms with Crippen LogP contribution in [-0.4, -0.2) is 61.5 Å². The predicted octanol–water partition coefficient (Wildman–Crippen LogP) is 3.73. The van der Waals surface area contributed by atoms with Crippen molar-refractivity contribution in [3.63, 3.8) is 0 Å². The average molecular weight is 546 g/mol. The molecular weight excluding hydrogens is 521 g/mol. The minimum atomic E-state index is -5.30. The van der Waals surface area contributed by atoms with Crippen LogP contribution in [0.4, 0.5) is 13.2 Å². The van der Waals surface area contributed by atoms with Gasteiger partial charge in [0.1, 0.15) is 28.9 Å². The summed E-state index contributed by atoms with van der Waals surface area (Å²) < 4.78 is 54.5. The van der Waals surface area contributed by atoms with E-state index in [4.69, 9.17) is 9.47 Å². The lowest BCUT2D eigenvalue weighted by molar-refractivity contribution is -0.189. The molecule has 4 rings (SSSR count). The fourth-order valence-corrected chi connectivity index (χ4v) is 4.23. The van der Waals surface area contributed by atoms with Crippen molar-refractivity contribution < 1.29 is 46.9 Å². The van der Waals surface area contributed by atoms with Crippen molar-refractivity contribution in [3.8, 4) is 17.2 Å². The van der Waals surface area contributed by atoms with Gasteiger partial charge in [0.15, 0.2) is 0 Å². The predicted molar refractivity (Wildman–Crippen MR) is 133 cm³/mol. The Kier molecular flexibility index (Phi) is 8.24. The number of benzene rings is 3. The smallest absolute Gasteiger partial charge is 0.491 e. The molecule has 0 radical (unpaired) electrons. The zero-order valence-corrected chi connectivity index (χ0v) is 20.7. The number of fused-ring (bicyclic) bond motifs is 1. The van der Waals surface area contributed by atoms with Crippen LogP contribution in [0.15, 0.2) is 54.6 Å². The number of alkyl halides is 3. The third-order valence-corrected chi connectivity index (χ3v) is 6.17. The number of carbonyl (C=O) groups excluding carboxylic acids is 3. The van der Waals surface area contributed by atoms with E-state index in [-0.39, 0.29) is 17.9 Å². The van der Waals surface area contributed by atoms with Crippen LogP contribution in [0.1, 0.15) is 33.6 Å². The van der Waals surface area contributed by atoms with Gasteiger partial charge in [-0.05, 0) is 67.2 Å². The Morgan fingerprint density at radius 2 is 1.79 bits per heavy atom. The Morgan fingerprint density at radius 1 is 1.05 bits per heavy atom. The molecule has 1 aliphatic heterocycles. The lowest BCUT2D eigenvalue weighted by atomic mass is 10.0. The molecular formula is C27H25F3N2O7. The molecule has 0 aromatic heterocycles. The van der Waals surface area contributed by atoms with Gasteiger partial charge in [0.25, 0.3) is 5.91 Å². The summed E-state index contributed by atoms with van der Waals surface area (Å²) in [5.41, 5.74) is -0.124. The highest BCUT2D eigenvalue weighted by atomic mass is 19.4. The molecule has 2 atom stereocenters. The van der Waals surface area contributed by atoms with Crippen molar-refractivity contribution >= 4 is 28.6 Å². The average Bonchev–Trinajstić information content (AvgIpc) is 3.12. The second-order valence-corrected chi connectivity index (χ2v) is 8.83. The third kappa shape index (κ3) is 6.58. The first-order valence-corrected chi connectivity index (χ1v) is 12.0. The highest BCUT2D eigenvalue weighted by Gasteiger charge is 2.42. The topological polar surface area (TPSA) is 123 Å². The van der Waals surface area contributed by atoms with Gasteiger partial charge in [-0.25, -0.2) is 9.59 Å². The van der Waals surface area contributed by atoms with E-state index >= 15 is 0 Å². The highest BCUT2D eigenvalue weighted by molar-refractivity contribution is 6.01. The molecule has 12 heteroatoms. The summed E-state index contributed by atoms with van der Waals surface area (Å²) in [6.07, 6.45) is -5.21. The summed E-state index contributed by atoms with van der Waals surface area (Å²) in [4.78, 5) is 37.8. The number of nitrogens with one attached hydrogen (secondary N) is 2. The summed E-state index contributed by atoms with van der Waals surface area (Å²) in [5, 5.41) is 16.2. The van der Waals surface area contributed by atoms with E-state index in [2.05, 4.69) is 15.4 Å². The van der Waals surface area contributed by atoms with Crippen LogP contribution in [0.25, 0.3) is 10.8 Å². The van der Waals surface area contributed by atoms with E-state index in [0.29, 0.717) is 35.9 Å². The summed E-state index contributed by atoms with van der Waals surface area (Å²) in [6, 6.07) is 12.1. The second kappa shape index (κ2) is 11.6. The molecule has 206 valence electrons. The molecule has 3 N–H and O–H groups in total. The molecule has 0 saturated carbocycles. The number of phenols is 1. The first-order valence-electron chi connectivity index (χ1n) is 12.0. The van der Waals surface area contributed by atoms with Gasteiger partial charge in [-0.3, -0.25) is 4.79 Å². The lowest BCUT2D eigenvalue weighted by Gasteiger charge is -2.26. The van der Waals surface area contributed by atoms with Crippen LogP contribution in [0.5, 0.6) is 17.2 Å². The molecule has 1 fully saturated rings. The molecule has 3 aromatic carbocycles. The number of rotatable bonds is 6. The van der Waals surface area contributed by atoms with Crippen LogP contribution < -0.4 is 20.1 Å². The number of aromatic hydroxyl groups is 1. The summed E-state index contributed by atoms with van der Waals surface area (Å²) in [7, 11) is 1.37. The zero-order chi connectivity index (χ0) is 28.2. The monoisotopic (exact) mass is 546 g/mol. The van der Waals surface area contributed by atoms with Crippen LogP contribution in [0.3, 0.4) is 0 Å². The van der Waals surface area contributed by atoms with Gasteiger partial charge in [-0.1, -0.05) is 12.1 Å². The van der Waals surface area contributed by atoms with Crippen molar-refractivity contribution in [2.75, 3.05) is 20.2 Å². The number of amides is 1. The van der Waals surface area contributed by atoms with E-state index in [9.17, 15) is 32.7 Å². The highest BCUT2D eigenvalue weighted by Crippen LogP contribution is 2.34. The van der Waals surface area contributed by atoms with Gasteiger partial charge in [-0.15, -0.1) is 0 Å². The fourth-order valence-electron chi connectivity index (χ4n) is 4.23. The molecule has 0 unspecified atom stereocenters. The Balaban J connectivity index is 1.63. The molecule has 39 heavy (non-hydrogen) atoms. The van der Waals surface area contributed by atoms with E-state index < -0.39 is 47.5 Å². The standard InChI is InChI=1S/C27H25F3N2O7/c1-37-21-5-2-4-16-12-19(23(13-18(16)21)39-26(36)27(28,29)30)25(35)38-22-6-3-11-31-14-20(22)32-24(34)15-7-9-17(33)10-8-15/h2,4-5,7-10,12-13,20,22,31,33H,3,6,11,14H2,1H3,(H,32,34)/t20-,22-/m1/s1. The molecule has 0 aliphatic carbocycles. The number of phenolic OH excluding ortho intramolecular Hbond substituents is 1. The largest absolute Gasteiger partial charge is 0.508 e. The zero-order valence-electron chi connectivity index (χ0n) is 20.7. The van der Waals surface area contributed by atoms with E-state index in [1.807, 2.05) is 0 Å². The number of methoxy groups -OCH3 is 1. The summed E-state index contributed by atoms with van der Waals surface area (Å²) in [6.45, 7) is 0.844. The molecule has 0 bridgehead atoms. The Hall–Kier alpha value is -4.32. The fraction of sp³-hybridized carbons (Fsp3) is 0.296. The SMILES string of the molecule is COc1cccc2cc(C(=O)O[C@@H]3CCCNC[C@H]3NC(=O)c3ccc(O)cc3)c(OC(=O)C(F)(F)F)cc12. The maximum absolute atomic E-state index is 13.3. The lowest BCUT2D eigenvalue weighted by Crippen LogP contribution is -2.49. The van der Waals surface area contributed by atoms with E-state index in [0.717, 1.165) is 6.07 Å². The normalized spacial score (nSPS) is 17.6. The van der Waals surface area contributed by atoms with Crippen molar-refractivity contribution in [1.29, 1.82) is 0 Å². The maximum Gasteiger partial charge on any atom is 0.491 e. The first kappa shape index (κ1) is 27.7. The molecule has 1 amide bonds. The van der Waals surface area contributed by atoms with Gasteiger partial charge in [0, 0.05) is 17.5 Å². The van der Waals surface area contributed by atoms with E-state index in [1.54, 1.807) is 18.2 Å².